The van der Waals surface area contributed by atoms with E-state index in [1.807, 2.05) is 58.1 Å². The van der Waals surface area contributed by atoms with Gasteiger partial charge in [-0.25, -0.2) is 0 Å². The fourth-order valence-corrected chi connectivity index (χ4v) is 8.41. The smallest absolute Gasteiger partial charge is 0.303 e. The summed E-state index contributed by atoms with van der Waals surface area (Å²) in [5, 5.41) is 9.15. The molecule has 14 nitrogen and oxygen atoms in total. The van der Waals surface area contributed by atoms with Gasteiger partial charge in [-0.3, -0.25) is 13.9 Å². The van der Waals surface area contributed by atoms with Crippen LogP contribution in [0.5, 0.6) is 0 Å². The third-order valence-corrected chi connectivity index (χ3v) is 12.1. The van der Waals surface area contributed by atoms with Gasteiger partial charge in [0.05, 0.1) is 54.8 Å². The van der Waals surface area contributed by atoms with Crippen LogP contribution in [0.15, 0.2) is 82.3 Å². The quantitative estimate of drug-likeness (QED) is 0.0478. The van der Waals surface area contributed by atoms with Crippen LogP contribution in [0.4, 0.5) is 11.4 Å². The highest BCUT2D eigenvalue weighted by Crippen LogP contribution is 2.48. The van der Waals surface area contributed by atoms with E-state index in [2.05, 4.69) is 9.48 Å². The van der Waals surface area contributed by atoms with Crippen LogP contribution in [-0.2, 0) is 54.8 Å². The molecule has 2 heterocycles. The molecule has 1 atom stereocenters. The summed E-state index contributed by atoms with van der Waals surface area (Å²) in [7, 11) is -7.26. The molecule has 4 rings (SSSR count). The molecule has 2 aromatic carbocycles. The van der Waals surface area contributed by atoms with Crippen LogP contribution in [0, 0.1) is 0 Å². The molecule has 0 radical (unpaired) electrons. The van der Waals surface area contributed by atoms with Gasteiger partial charge in [0.2, 0.25) is 5.69 Å². The van der Waals surface area contributed by atoms with E-state index in [0.29, 0.717) is 85.0 Å². The van der Waals surface area contributed by atoms with Crippen molar-refractivity contribution < 1.29 is 59.4 Å². The summed E-state index contributed by atoms with van der Waals surface area (Å²) in [5.74, 6) is -0.848. The number of rotatable bonds is 24. The Hall–Kier alpha value is -3.74. The van der Waals surface area contributed by atoms with E-state index in [4.69, 9.17) is 24.1 Å². The van der Waals surface area contributed by atoms with Crippen LogP contribution in [0.3, 0.4) is 0 Å². The number of carboxylic acids is 1. The number of unbranched alkanes of at least 4 members (excludes halogenated alkanes) is 2. The number of benzene rings is 2. The minimum Gasteiger partial charge on any atom is -0.481 e. The molecular weight excluding hydrogens is 777 g/mol. The number of hydrogen-bond acceptors (Lipinski definition) is 10. The molecule has 0 fully saturated rings. The van der Waals surface area contributed by atoms with Crippen molar-refractivity contribution in [2.45, 2.75) is 80.4 Å². The van der Waals surface area contributed by atoms with Gasteiger partial charge in [0.1, 0.15) is 6.54 Å². The maximum atomic E-state index is 12.3. The first-order chi connectivity index (χ1) is 27.0. The molecular formula is C41H57N2O12S2+. The average Bonchev–Trinajstić information content (AvgIpc) is 3.51. The highest BCUT2D eigenvalue weighted by atomic mass is 32.2. The Kier molecular flexibility index (Phi) is 16.4. The Labute approximate surface area is 337 Å². The fourth-order valence-electron chi connectivity index (χ4n) is 7.39. The lowest BCUT2D eigenvalue weighted by Crippen LogP contribution is -2.33. The van der Waals surface area contributed by atoms with Gasteiger partial charge in [-0.15, -0.1) is 0 Å². The minimum absolute atomic E-state index is 0.0732. The van der Waals surface area contributed by atoms with Crippen molar-refractivity contribution >= 4 is 43.3 Å². The Morgan fingerprint density at radius 3 is 1.98 bits per heavy atom. The van der Waals surface area contributed by atoms with Crippen LogP contribution < -0.4 is 4.90 Å². The van der Waals surface area contributed by atoms with Crippen molar-refractivity contribution in [3.8, 4) is 0 Å². The van der Waals surface area contributed by atoms with Crippen LogP contribution in [0.2, 0.25) is 0 Å². The SMILES string of the molecule is CCN1/C(=C/C=C/C=C/C2=[N+](CCCCCC(=O)O)c3ccc(S(=O)(=O)O)cc3C2(C)CCOCCOCCOCCOC)C(C)(C)c2cc(S(=O)(=O)O)ccc21. The van der Waals surface area contributed by atoms with Gasteiger partial charge in [-0.05, 0) is 75.1 Å². The predicted molar refractivity (Wildman–Crippen MR) is 217 cm³/mol. The minimum atomic E-state index is -4.50. The summed E-state index contributed by atoms with van der Waals surface area (Å²) in [6, 6.07) is 9.24. The monoisotopic (exact) mass is 833 g/mol. The number of aliphatic carboxylic acids is 1. The van der Waals surface area contributed by atoms with E-state index in [-0.39, 0.29) is 16.2 Å². The van der Waals surface area contributed by atoms with E-state index in [1.165, 1.54) is 24.3 Å². The van der Waals surface area contributed by atoms with Crippen molar-refractivity contribution in [2.24, 2.45) is 0 Å². The number of allylic oxidation sites excluding steroid dienone is 6. The number of carboxylic acid groups (broad SMARTS) is 1. The number of ether oxygens (including phenoxy) is 4. The number of hydrogen-bond donors (Lipinski definition) is 3. The summed E-state index contributed by atoms with van der Waals surface area (Å²) in [6.45, 7) is 12.1. The van der Waals surface area contributed by atoms with E-state index < -0.39 is 37.0 Å². The third kappa shape index (κ3) is 11.7. The van der Waals surface area contributed by atoms with Gasteiger partial charge >= 0.3 is 5.97 Å². The molecule has 3 N–H and O–H groups in total. The van der Waals surface area contributed by atoms with Crippen molar-refractivity contribution in [1.29, 1.82) is 0 Å². The van der Waals surface area contributed by atoms with E-state index in [1.54, 1.807) is 19.2 Å². The second-order valence-corrected chi connectivity index (χ2v) is 17.5. The topological polar surface area (TPSA) is 189 Å². The normalized spacial score (nSPS) is 18.7. The van der Waals surface area contributed by atoms with E-state index in [9.17, 15) is 30.7 Å². The number of fused-ring (bicyclic) bond motifs is 2. The van der Waals surface area contributed by atoms with Gasteiger partial charge in [0.15, 0.2) is 5.71 Å². The van der Waals surface area contributed by atoms with Gasteiger partial charge in [0, 0.05) is 67.6 Å². The van der Waals surface area contributed by atoms with Crippen molar-refractivity contribution in [3.05, 3.63) is 83.6 Å². The zero-order valence-corrected chi connectivity index (χ0v) is 35.1. The number of likely N-dealkylation sites (N-methyl/N-ethyl adjacent to an activating group) is 1. The molecule has 0 amide bonds. The van der Waals surface area contributed by atoms with Crippen LogP contribution in [0.1, 0.15) is 70.9 Å². The van der Waals surface area contributed by atoms with Crippen LogP contribution in [-0.4, -0.2) is 114 Å². The molecule has 0 saturated heterocycles. The molecule has 2 aromatic rings. The lowest BCUT2D eigenvalue weighted by Gasteiger charge is -2.25. The lowest BCUT2D eigenvalue weighted by molar-refractivity contribution is -0.438. The standard InChI is InChI=1S/C41H56N2O12S2/c1-6-42-35-18-16-31(56(46,47)48)29-33(35)40(2,3)37(42)13-9-7-10-14-38-41(4,20-22-53-25-26-55-28-27-54-24-23-52-5)34-30-32(57(49,50)51)17-19-36(34)43(38)21-12-8-11-15-39(44)45/h7,9-10,13-14,16-19,29-30H,6,8,11-12,15,20-28H2,1-5H3,(H2-,44,45,46,47,48,49,50,51)/p+1. The van der Waals surface area contributed by atoms with Crippen LogP contribution >= 0.6 is 0 Å². The third-order valence-electron chi connectivity index (χ3n) is 10.4. The van der Waals surface area contributed by atoms with Crippen molar-refractivity contribution in [1.82, 2.24) is 0 Å². The Morgan fingerprint density at radius 2 is 1.39 bits per heavy atom. The summed E-state index contributed by atoms with van der Waals surface area (Å²) < 4.78 is 92.3. The van der Waals surface area contributed by atoms with Gasteiger partial charge < -0.3 is 29.0 Å². The second-order valence-electron chi connectivity index (χ2n) is 14.6. The van der Waals surface area contributed by atoms with Crippen molar-refractivity contribution in [2.75, 3.05) is 71.3 Å². The number of methoxy groups -OCH3 is 1. The van der Waals surface area contributed by atoms with E-state index >= 15 is 0 Å². The molecule has 0 saturated carbocycles. The molecule has 0 aliphatic carbocycles. The Balaban J connectivity index is 1.62. The maximum absolute atomic E-state index is 12.3. The molecule has 16 heteroatoms. The van der Waals surface area contributed by atoms with E-state index in [0.717, 1.165) is 33.9 Å². The molecule has 0 spiro atoms. The number of carbonyl (C=O) groups is 1. The average molecular weight is 834 g/mol. The van der Waals surface area contributed by atoms with Crippen LogP contribution in [0.25, 0.3) is 0 Å². The number of nitrogens with zero attached hydrogens (tertiary/aromatic N) is 2. The molecule has 0 aromatic heterocycles. The first kappa shape index (κ1) is 46.0. The summed E-state index contributed by atoms with van der Waals surface area (Å²) >= 11 is 0. The molecule has 1 unspecified atom stereocenters. The Morgan fingerprint density at radius 1 is 0.789 bits per heavy atom. The largest absolute Gasteiger partial charge is 0.481 e. The van der Waals surface area contributed by atoms with Gasteiger partial charge in [-0.1, -0.05) is 32.1 Å². The zero-order valence-electron chi connectivity index (χ0n) is 33.5. The summed E-state index contributed by atoms with van der Waals surface area (Å²) in [4.78, 5) is 12.9. The highest BCUT2D eigenvalue weighted by Gasteiger charge is 2.48. The molecule has 2 aliphatic heterocycles. The fraction of sp³-hybridized carbons (Fsp3) is 0.512. The summed E-state index contributed by atoms with van der Waals surface area (Å²) in [6.07, 6.45) is 12.1. The molecule has 57 heavy (non-hydrogen) atoms. The molecule has 314 valence electrons. The first-order valence-corrected chi connectivity index (χ1v) is 22.0. The predicted octanol–water partition coefficient (Wildman–Crippen LogP) is 6.08. The van der Waals surface area contributed by atoms with Gasteiger partial charge in [-0.2, -0.15) is 21.4 Å². The molecule has 2 aliphatic rings. The molecule has 0 bridgehead atoms. The lowest BCUT2D eigenvalue weighted by atomic mass is 9.76. The maximum Gasteiger partial charge on any atom is 0.303 e. The highest BCUT2D eigenvalue weighted by molar-refractivity contribution is 7.86. The Bertz CT molecular complexity index is 2070. The zero-order chi connectivity index (χ0) is 41.9. The number of anilines is 1. The van der Waals surface area contributed by atoms with Crippen molar-refractivity contribution in [3.63, 3.8) is 0 Å². The van der Waals surface area contributed by atoms with Gasteiger partial charge in [0.25, 0.3) is 20.2 Å². The first-order valence-electron chi connectivity index (χ1n) is 19.1. The summed E-state index contributed by atoms with van der Waals surface area (Å²) in [5.41, 5.74) is 3.69. The second kappa shape index (κ2) is 20.3.